The Kier molecular flexibility index (Phi) is 8.06. The van der Waals surface area contributed by atoms with Crippen LogP contribution in [0.2, 0.25) is 5.02 Å². The summed E-state index contributed by atoms with van der Waals surface area (Å²) in [4.78, 5) is 38.2. The molecule has 0 aliphatic carbocycles. The molecule has 1 atom stereocenters. The number of rotatable bonds is 4. The number of carbonyl (C=O) groups is 2. The van der Waals surface area contributed by atoms with Gasteiger partial charge in [0.25, 0.3) is 11.5 Å². The van der Waals surface area contributed by atoms with Gasteiger partial charge in [-0.05, 0) is 68.0 Å². The van der Waals surface area contributed by atoms with Gasteiger partial charge in [0, 0.05) is 30.4 Å². The number of carbonyl (C=O) groups excluding carboxylic acids is 2. The Balaban J connectivity index is 0.000000968. The van der Waals surface area contributed by atoms with E-state index >= 15 is 0 Å². The van der Waals surface area contributed by atoms with Crippen LogP contribution >= 0.6 is 11.6 Å². The summed E-state index contributed by atoms with van der Waals surface area (Å²) in [6.07, 6.45) is 4.34. The molecular formula is C24H25ClFN3O4. The maximum atomic E-state index is 13.4. The zero-order chi connectivity index (χ0) is 24.0. The van der Waals surface area contributed by atoms with Crippen LogP contribution in [0.5, 0.6) is 5.75 Å². The number of nitrogens with two attached hydrogens (primary N) is 1. The molecule has 2 amide bonds. The van der Waals surface area contributed by atoms with Crippen LogP contribution < -0.4 is 16.0 Å². The van der Waals surface area contributed by atoms with Crippen LogP contribution in [0, 0.1) is 5.82 Å². The van der Waals surface area contributed by atoms with Gasteiger partial charge in [-0.15, -0.1) is 0 Å². The van der Waals surface area contributed by atoms with Gasteiger partial charge in [0.05, 0.1) is 10.4 Å². The van der Waals surface area contributed by atoms with Crippen LogP contribution in [-0.4, -0.2) is 41.4 Å². The average molecular weight is 474 g/mol. The van der Waals surface area contributed by atoms with Gasteiger partial charge >= 0.3 is 0 Å². The number of piperidine rings is 1. The van der Waals surface area contributed by atoms with Gasteiger partial charge in [0.15, 0.2) is 6.10 Å². The number of fused-ring (bicyclic) bond motifs is 1. The normalized spacial score (nSPS) is 14.2. The Morgan fingerprint density at radius 1 is 1.15 bits per heavy atom. The second-order valence-corrected chi connectivity index (χ2v) is 8.05. The van der Waals surface area contributed by atoms with Gasteiger partial charge in [-0.1, -0.05) is 11.6 Å². The van der Waals surface area contributed by atoms with Gasteiger partial charge in [0.1, 0.15) is 11.6 Å². The van der Waals surface area contributed by atoms with Crippen molar-refractivity contribution in [3.8, 4) is 16.9 Å². The third-order valence-corrected chi connectivity index (χ3v) is 5.74. The highest BCUT2D eigenvalue weighted by Gasteiger charge is 2.23. The molecule has 3 N–H and O–H groups in total. The maximum absolute atomic E-state index is 13.4. The fraction of sp³-hybridized carbons (Fsp3) is 0.292. The van der Waals surface area contributed by atoms with E-state index in [4.69, 9.17) is 21.1 Å². The molecule has 174 valence electrons. The van der Waals surface area contributed by atoms with E-state index in [1.54, 1.807) is 37.4 Å². The fourth-order valence-corrected chi connectivity index (χ4v) is 4.14. The smallest absolute Gasteiger partial charge is 0.263 e. The fourth-order valence-electron chi connectivity index (χ4n) is 3.87. The van der Waals surface area contributed by atoms with Gasteiger partial charge in [-0.2, -0.15) is 0 Å². The molecule has 4 rings (SSSR count). The van der Waals surface area contributed by atoms with Crippen molar-refractivity contribution in [3.63, 3.8) is 0 Å². The Morgan fingerprint density at radius 2 is 1.85 bits per heavy atom. The lowest BCUT2D eigenvalue weighted by Gasteiger charge is -2.29. The first-order valence-electron chi connectivity index (χ1n) is 10.6. The molecule has 3 aromatic rings. The molecule has 1 aliphatic rings. The number of amides is 2. The zero-order valence-corrected chi connectivity index (χ0v) is 18.9. The highest BCUT2D eigenvalue weighted by Crippen LogP contribution is 2.33. The van der Waals surface area contributed by atoms with Crippen molar-refractivity contribution in [2.24, 2.45) is 5.73 Å². The van der Waals surface area contributed by atoms with E-state index in [0.29, 0.717) is 27.6 Å². The van der Waals surface area contributed by atoms with Crippen molar-refractivity contribution < 1.29 is 18.7 Å². The van der Waals surface area contributed by atoms with Gasteiger partial charge in [-0.3, -0.25) is 14.4 Å². The number of ether oxygens (including phenoxy) is 1. The molecule has 0 bridgehead atoms. The number of H-pyrrole nitrogens is 1. The molecule has 1 aliphatic heterocycles. The molecule has 1 aromatic heterocycles. The molecule has 1 unspecified atom stereocenters. The third kappa shape index (κ3) is 5.70. The summed E-state index contributed by atoms with van der Waals surface area (Å²) in [6, 6.07) is 9.24. The molecular weight excluding hydrogens is 449 g/mol. The number of hydrogen-bond acceptors (Lipinski definition) is 4. The van der Waals surface area contributed by atoms with Crippen molar-refractivity contribution in [2.75, 3.05) is 13.1 Å². The summed E-state index contributed by atoms with van der Waals surface area (Å²) in [5, 5.41) is 1.32. The largest absolute Gasteiger partial charge is 0.481 e. The van der Waals surface area contributed by atoms with Crippen LogP contribution in [0.3, 0.4) is 0 Å². The first-order valence-corrected chi connectivity index (χ1v) is 10.9. The highest BCUT2D eigenvalue weighted by molar-refractivity contribution is 6.33. The maximum Gasteiger partial charge on any atom is 0.263 e. The number of aromatic nitrogens is 1. The van der Waals surface area contributed by atoms with Crippen molar-refractivity contribution in [1.29, 1.82) is 0 Å². The predicted molar refractivity (Wildman–Crippen MR) is 126 cm³/mol. The summed E-state index contributed by atoms with van der Waals surface area (Å²) in [5.41, 5.74) is 5.17. The molecule has 1 fully saturated rings. The Morgan fingerprint density at radius 3 is 2.52 bits per heavy atom. The first-order chi connectivity index (χ1) is 15.8. The summed E-state index contributed by atoms with van der Waals surface area (Å²) >= 11 is 6.21. The lowest BCUT2D eigenvalue weighted by atomic mass is 10.0. The number of likely N-dealkylation sites (tertiary alicyclic amines) is 1. The van der Waals surface area contributed by atoms with E-state index in [9.17, 15) is 14.0 Å². The molecule has 0 radical (unpaired) electrons. The molecule has 0 spiro atoms. The number of nitrogens with one attached hydrogen (secondary N) is 1. The standard InChI is InChI=1S/C23H22ClFN2O3.CH3NO/c1-14(23(29)27-9-3-2-4-10-27)30-16-6-8-17-19(12-16)22(28)26-13-20(17)18-7-5-15(25)11-21(18)24;2-1-3/h5-8,11-14H,2-4,9-10H2,1H3,(H,26,28);1H,(H2,2,3). The summed E-state index contributed by atoms with van der Waals surface area (Å²) in [5.74, 6) is -0.0377. The second kappa shape index (κ2) is 11.0. The van der Waals surface area contributed by atoms with Crippen LogP contribution in [0.25, 0.3) is 21.9 Å². The Labute approximate surface area is 195 Å². The van der Waals surface area contributed by atoms with Crippen LogP contribution in [0.15, 0.2) is 47.4 Å². The first kappa shape index (κ1) is 24.3. The molecule has 0 saturated carbocycles. The number of halogens is 2. The van der Waals surface area contributed by atoms with Gasteiger partial charge < -0.3 is 20.4 Å². The average Bonchev–Trinajstić information content (AvgIpc) is 2.81. The molecule has 2 heterocycles. The van der Waals surface area contributed by atoms with Crippen molar-refractivity contribution >= 4 is 34.7 Å². The van der Waals surface area contributed by atoms with Gasteiger partial charge in [0.2, 0.25) is 6.41 Å². The van der Waals surface area contributed by atoms with Crippen molar-refractivity contribution in [2.45, 2.75) is 32.3 Å². The number of hydrogen-bond donors (Lipinski definition) is 2. The zero-order valence-electron chi connectivity index (χ0n) is 18.1. The molecule has 2 aromatic carbocycles. The number of primary amides is 1. The topological polar surface area (TPSA) is 105 Å². The lowest BCUT2D eigenvalue weighted by Crippen LogP contribution is -2.43. The van der Waals surface area contributed by atoms with Gasteiger partial charge in [-0.25, -0.2) is 4.39 Å². The minimum Gasteiger partial charge on any atom is -0.481 e. The minimum absolute atomic E-state index is 0.0458. The van der Waals surface area contributed by atoms with E-state index in [2.05, 4.69) is 10.7 Å². The number of aromatic amines is 1. The summed E-state index contributed by atoms with van der Waals surface area (Å²) < 4.78 is 19.3. The SMILES string of the molecule is CC(Oc1ccc2c(-c3ccc(F)cc3Cl)c[nH]c(=O)c2c1)C(=O)N1CCCCC1.NC=O. The quantitative estimate of drug-likeness (QED) is 0.561. The monoisotopic (exact) mass is 473 g/mol. The van der Waals surface area contributed by atoms with E-state index in [-0.39, 0.29) is 22.9 Å². The second-order valence-electron chi connectivity index (χ2n) is 7.65. The van der Waals surface area contributed by atoms with Crippen molar-refractivity contribution in [1.82, 2.24) is 9.88 Å². The Bertz CT molecular complexity index is 1210. The lowest BCUT2D eigenvalue weighted by molar-refractivity contribution is -0.138. The van der Waals surface area contributed by atoms with Crippen LogP contribution in [0.1, 0.15) is 26.2 Å². The Hall–Kier alpha value is -3.39. The van der Waals surface area contributed by atoms with Crippen LogP contribution in [0.4, 0.5) is 4.39 Å². The van der Waals surface area contributed by atoms with E-state index in [0.717, 1.165) is 32.4 Å². The highest BCUT2D eigenvalue weighted by atomic mass is 35.5. The van der Waals surface area contributed by atoms with E-state index < -0.39 is 11.9 Å². The summed E-state index contributed by atoms with van der Waals surface area (Å²) in [7, 11) is 0. The molecule has 33 heavy (non-hydrogen) atoms. The third-order valence-electron chi connectivity index (χ3n) is 5.42. The van der Waals surface area contributed by atoms with Crippen LogP contribution in [-0.2, 0) is 9.59 Å². The minimum atomic E-state index is -0.644. The number of benzene rings is 2. The van der Waals surface area contributed by atoms with E-state index in [1.807, 2.05) is 4.90 Å². The van der Waals surface area contributed by atoms with E-state index in [1.165, 1.54) is 12.1 Å². The summed E-state index contributed by atoms with van der Waals surface area (Å²) in [6.45, 7) is 3.23. The van der Waals surface area contributed by atoms with Crippen molar-refractivity contribution in [3.05, 3.63) is 63.8 Å². The number of nitrogens with zero attached hydrogens (tertiary/aromatic N) is 1. The molecule has 1 saturated heterocycles. The number of pyridine rings is 1. The molecule has 7 nitrogen and oxygen atoms in total. The predicted octanol–water partition coefficient (Wildman–Crippen LogP) is 3.87. The molecule has 9 heteroatoms.